The molecule has 16 heteroatoms. The summed E-state index contributed by atoms with van der Waals surface area (Å²) >= 11 is 0. The fourth-order valence-corrected chi connectivity index (χ4v) is 8.49. The van der Waals surface area contributed by atoms with E-state index >= 15 is 0 Å². The molecule has 0 bridgehead atoms. The lowest BCUT2D eigenvalue weighted by Crippen LogP contribution is -2.37. The maximum absolute atomic E-state index is 12.5. The quantitative estimate of drug-likeness (QED) is 0.0259. The molecule has 0 heterocycles. The number of likely N-dealkylation sites (N-methyl/N-ethyl adjacent to an activating group) is 2. The smallest absolute Gasteiger partial charge is 0.394 e. The molecular formula is C50H110N2O12P2+2. The van der Waals surface area contributed by atoms with E-state index in [1.165, 1.54) is 173 Å². The summed E-state index contributed by atoms with van der Waals surface area (Å²) in [5.74, 6) is 0. The van der Waals surface area contributed by atoms with E-state index in [0.717, 1.165) is 19.3 Å². The molecule has 0 aliphatic rings. The molecule has 400 valence electrons. The molecule has 0 aliphatic carbocycles. The molecule has 0 fully saturated rings. The Bertz CT molecular complexity index is 1110. The van der Waals surface area contributed by atoms with Crippen LogP contribution in [0.2, 0.25) is 0 Å². The first kappa shape index (κ1) is 68.1. The lowest BCUT2D eigenvalue weighted by molar-refractivity contribution is -0.870. The highest BCUT2D eigenvalue weighted by Crippen LogP contribution is 2.44. The van der Waals surface area contributed by atoms with E-state index in [1.807, 2.05) is 42.3 Å². The third-order valence-corrected chi connectivity index (χ3v) is 13.4. The molecule has 0 saturated heterocycles. The predicted octanol–water partition coefficient (Wildman–Crippen LogP) is 12.2. The van der Waals surface area contributed by atoms with Gasteiger partial charge in [0.2, 0.25) is 0 Å². The average Bonchev–Trinajstić information content (AvgIpc) is 3.24. The Kier molecular flexibility index (Phi) is 47.5. The maximum Gasteiger partial charge on any atom is 0.472 e. The van der Waals surface area contributed by atoms with Crippen molar-refractivity contribution in [2.24, 2.45) is 0 Å². The largest absolute Gasteiger partial charge is 0.472 e. The van der Waals surface area contributed by atoms with Gasteiger partial charge in [0.05, 0.1) is 68.7 Å². The van der Waals surface area contributed by atoms with Crippen molar-refractivity contribution in [2.75, 3.05) is 108 Å². The normalized spacial score (nSPS) is 15.0. The van der Waals surface area contributed by atoms with Crippen molar-refractivity contribution < 1.29 is 65.7 Å². The molecule has 0 rings (SSSR count). The van der Waals surface area contributed by atoms with E-state index < -0.39 is 35.0 Å². The van der Waals surface area contributed by atoms with Gasteiger partial charge < -0.3 is 38.4 Å². The molecule has 0 aliphatic heterocycles. The highest BCUT2D eigenvalue weighted by Gasteiger charge is 2.26. The van der Waals surface area contributed by atoms with Crippen LogP contribution < -0.4 is 0 Å². The molecule has 0 saturated carbocycles. The summed E-state index contributed by atoms with van der Waals surface area (Å²) in [6.07, 6.45) is 38.6. The van der Waals surface area contributed by atoms with E-state index in [1.54, 1.807) is 0 Å². The van der Waals surface area contributed by atoms with Crippen molar-refractivity contribution in [1.29, 1.82) is 0 Å². The van der Waals surface area contributed by atoms with Crippen LogP contribution in [0.25, 0.3) is 0 Å². The maximum atomic E-state index is 12.5. The number of phosphoric ester groups is 2. The summed E-state index contributed by atoms with van der Waals surface area (Å²) in [4.78, 5) is 19.4. The van der Waals surface area contributed by atoms with Gasteiger partial charge in [-0.1, -0.05) is 194 Å². The van der Waals surface area contributed by atoms with Crippen LogP contribution in [0.5, 0.6) is 0 Å². The number of quaternary nitrogens is 2. The second kappa shape index (κ2) is 46.1. The van der Waals surface area contributed by atoms with Crippen LogP contribution in [0.4, 0.5) is 0 Å². The van der Waals surface area contributed by atoms with Crippen LogP contribution in [0, 0.1) is 0 Å². The Balaban J connectivity index is 0. The number of aliphatic hydroxyl groups is 2. The number of nitrogens with zero attached hydrogens (tertiary/aromatic N) is 2. The first-order chi connectivity index (χ1) is 31.4. The summed E-state index contributed by atoms with van der Waals surface area (Å²) in [6.45, 7) is 6.69. The lowest BCUT2D eigenvalue weighted by Gasteiger charge is -2.24. The van der Waals surface area contributed by atoms with E-state index in [2.05, 4.69) is 22.9 Å². The Morgan fingerprint density at radius 3 is 1.03 bits per heavy atom. The number of unbranched alkanes of at least 4 members (excludes halogenated alkanes) is 28. The first-order valence-electron chi connectivity index (χ1n) is 26.7. The summed E-state index contributed by atoms with van der Waals surface area (Å²) in [5, 5.41) is 17.4. The summed E-state index contributed by atoms with van der Waals surface area (Å²) in [5.41, 5.74) is 0. The molecule has 0 amide bonds. The molecule has 66 heavy (non-hydrogen) atoms. The highest BCUT2D eigenvalue weighted by atomic mass is 31.2. The molecule has 14 nitrogen and oxygen atoms in total. The van der Waals surface area contributed by atoms with Crippen molar-refractivity contribution in [3.05, 3.63) is 0 Å². The molecule has 4 N–H and O–H groups in total. The molecule has 0 aromatic carbocycles. The van der Waals surface area contributed by atoms with Gasteiger partial charge in [0.25, 0.3) is 0 Å². The number of ether oxygens (including phenoxy) is 2. The number of hydrogen-bond donors (Lipinski definition) is 4. The van der Waals surface area contributed by atoms with Crippen molar-refractivity contribution in [2.45, 2.75) is 219 Å². The van der Waals surface area contributed by atoms with Gasteiger partial charge in [0.1, 0.15) is 38.5 Å². The van der Waals surface area contributed by atoms with Crippen LogP contribution in [-0.2, 0) is 36.7 Å². The van der Waals surface area contributed by atoms with E-state index in [0.29, 0.717) is 41.9 Å². The van der Waals surface area contributed by atoms with Crippen LogP contribution in [0.1, 0.15) is 206 Å². The number of phosphoric acid groups is 2. The minimum Gasteiger partial charge on any atom is -0.394 e. The van der Waals surface area contributed by atoms with Gasteiger partial charge in [-0.15, -0.1) is 0 Å². The van der Waals surface area contributed by atoms with Crippen molar-refractivity contribution >= 4 is 15.6 Å². The number of hydrogen-bond acceptors (Lipinski definition) is 10. The predicted molar refractivity (Wildman–Crippen MR) is 273 cm³/mol. The van der Waals surface area contributed by atoms with Crippen LogP contribution >= 0.6 is 15.6 Å². The second-order valence-electron chi connectivity index (χ2n) is 20.5. The van der Waals surface area contributed by atoms with Crippen LogP contribution in [0.15, 0.2) is 0 Å². The zero-order valence-corrected chi connectivity index (χ0v) is 46.1. The fraction of sp³-hybridized carbons (Fsp3) is 1.00. The van der Waals surface area contributed by atoms with Gasteiger partial charge in [0.15, 0.2) is 0 Å². The van der Waals surface area contributed by atoms with Gasteiger partial charge >= 0.3 is 15.6 Å². The number of aliphatic hydroxyl groups excluding tert-OH is 2. The Morgan fingerprint density at radius 1 is 0.409 bits per heavy atom. The third-order valence-electron chi connectivity index (χ3n) is 11.4. The van der Waals surface area contributed by atoms with Crippen molar-refractivity contribution in [3.8, 4) is 0 Å². The van der Waals surface area contributed by atoms with E-state index in [4.69, 9.17) is 33.6 Å². The third kappa shape index (κ3) is 56.6. The Morgan fingerprint density at radius 2 is 0.712 bits per heavy atom. The Labute approximate surface area is 407 Å². The molecule has 0 aromatic heterocycles. The van der Waals surface area contributed by atoms with Gasteiger partial charge in [-0.25, -0.2) is 9.13 Å². The van der Waals surface area contributed by atoms with Crippen molar-refractivity contribution in [1.82, 2.24) is 0 Å². The lowest BCUT2D eigenvalue weighted by atomic mass is 10.0. The van der Waals surface area contributed by atoms with E-state index in [9.17, 15) is 14.0 Å². The average molecular weight is 993 g/mol. The fourth-order valence-electron chi connectivity index (χ4n) is 7.00. The summed E-state index contributed by atoms with van der Waals surface area (Å²) in [7, 11) is 3.55. The highest BCUT2D eigenvalue weighted by molar-refractivity contribution is 7.47. The zero-order chi connectivity index (χ0) is 49.7. The van der Waals surface area contributed by atoms with Crippen LogP contribution in [0.3, 0.4) is 0 Å². The zero-order valence-electron chi connectivity index (χ0n) is 44.3. The van der Waals surface area contributed by atoms with Crippen molar-refractivity contribution in [3.63, 3.8) is 0 Å². The van der Waals surface area contributed by atoms with Gasteiger partial charge in [-0.3, -0.25) is 18.1 Å². The monoisotopic (exact) mass is 993 g/mol. The topological polar surface area (TPSA) is 170 Å². The van der Waals surface area contributed by atoms with Crippen LogP contribution in [-0.4, -0.2) is 149 Å². The number of rotatable bonds is 50. The molecule has 3 unspecified atom stereocenters. The summed E-state index contributed by atoms with van der Waals surface area (Å²) in [6, 6.07) is 0. The molecule has 0 aromatic rings. The van der Waals surface area contributed by atoms with Gasteiger partial charge in [-0.05, 0) is 12.8 Å². The SMILES string of the molecule is CCCCCCCCCCCCCCCCCCO[C@H](COCCCCCCCCCCCCCCCC)COP(=O)(O)OCC[N+](C)(C)C.C[N+](C)(C)CCOP(=O)(O)OCC(O)CO. The van der Waals surface area contributed by atoms with Gasteiger partial charge in [0, 0.05) is 13.2 Å². The molecular weight excluding hydrogens is 883 g/mol. The molecule has 4 atom stereocenters. The Hall–Kier alpha value is -0.0200. The molecule has 0 spiro atoms. The second-order valence-corrected chi connectivity index (χ2v) is 23.4. The minimum absolute atomic E-state index is 0.00422. The molecule has 0 radical (unpaired) electrons. The summed E-state index contributed by atoms with van der Waals surface area (Å²) < 4.78 is 56.7. The minimum atomic E-state index is -4.13. The van der Waals surface area contributed by atoms with E-state index in [-0.39, 0.29) is 25.9 Å². The van der Waals surface area contributed by atoms with Gasteiger partial charge in [-0.2, -0.15) is 0 Å². The standard InChI is InChI=1S/C42H88NO6P.C8H20NO6P/c1-6-8-10-12-14-16-18-20-22-23-25-27-29-31-33-35-38-47-42(41-49-50(44,45)48-39-36-43(3,4)5)40-46-37-34-32-30-28-26-24-21-19-17-15-13-11-9-7-2;1-9(2,3)4-5-14-16(12,13)15-7-8(11)6-10/h42H,6-41H2,1-5H3;8,10-11H,4-7H2,1-3H3/p+2/t42-;/m1./s1. The first-order valence-corrected chi connectivity index (χ1v) is 29.7.